The largest absolute Gasteiger partial charge is 0.481 e. The molecule has 1 amide bonds. The average molecular weight is 343 g/mol. The molecular weight excluding hydrogens is 322 g/mol. The van der Waals surface area contributed by atoms with Gasteiger partial charge in [0.2, 0.25) is 5.91 Å². The van der Waals surface area contributed by atoms with Gasteiger partial charge in [0.25, 0.3) is 0 Å². The summed E-state index contributed by atoms with van der Waals surface area (Å²) >= 11 is 1.58. The number of carboxylic acids is 1. The third kappa shape index (κ3) is 2.96. The lowest BCUT2D eigenvalue weighted by molar-refractivity contribution is -0.148. The summed E-state index contributed by atoms with van der Waals surface area (Å²) in [7, 11) is 0. The fourth-order valence-corrected chi connectivity index (χ4v) is 4.20. The van der Waals surface area contributed by atoms with Crippen molar-refractivity contribution >= 4 is 23.2 Å². The van der Waals surface area contributed by atoms with E-state index < -0.39 is 11.4 Å². The molecule has 1 aliphatic rings. The fourth-order valence-electron chi connectivity index (χ4n) is 3.43. The molecule has 5 heteroatoms. The van der Waals surface area contributed by atoms with E-state index in [0.29, 0.717) is 25.9 Å². The first-order valence-corrected chi connectivity index (χ1v) is 9.04. The highest BCUT2D eigenvalue weighted by molar-refractivity contribution is 7.10. The van der Waals surface area contributed by atoms with Crippen LogP contribution in [0.5, 0.6) is 0 Å². The van der Waals surface area contributed by atoms with Gasteiger partial charge in [0.15, 0.2) is 0 Å². The number of thiophene rings is 1. The van der Waals surface area contributed by atoms with Crippen LogP contribution in [0.3, 0.4) is 0 Å². The Morgan fingerprint density at radius 1 is 1.12 bits per heavy atom. The standard InChI is InChI=1S/C19H21NO3S/c1-14(16-8-5-13-24-16)17(21)20-11-9-19(10-12-20,18(22)23)15-6-3-2-4-7-15/h2-8,13-14H,9-12H2,1H3,(H,22,23). The minimum atomic E-state index is -0.885. The predicted molar refractivity (Wildman–Crippen MR) is 94.3 cm³/mol. The smallest absolute Gasteiger partial charge is 0.314 e. The third-order valence-electron chi connectivity index (χ3n) is 5.00. The second kappa shape index (κ2) is 6.77. The lowest BCUT2D eigenvalue weighted by atomic mass is 9.72. The van der Waals surface area contributed by atoms with Gasteiger partial charge < -0.3 is 10.0 Å². The summed E-state index contributed by atoms with van der Waals surface area (Å²) in [5.41, 5.74) is -0.0552. The van der Waals surface area contributed by atoms with Gasteiger partial charge in [0, 0.05) is 18.0 Å². The van der Waals surface area contributed by atoms with Crippen LogP contribution in [-0.4, -0.2) is 35.0 Å². The molecule has 0 radical (unpaired) electrons. The summed E-state index contributed by atoms with van der Waals surface area (Å²) in [6.45, 7) is 2.88. The molecule has 1 aliphatic heterocycles. The normalized spacial score (nSPS) is 18.1. The summed E-state index contributed by atoms with van der Waals surface area (Å²) in [6, 6.07) is 13.3. The van der Waals surface area contributed by atoms with E-state index in [1.54, 1.807) is 11.3 Å². The van der Waals surface area contributed by atoms with Crippen molar-refractivity contribution in [2.45, 2.75) is 31.1 Å². The van der Waals surface area contributed by atoms with E-state index in [4.69, 9.17) is 0 Å². The molecule has 3 rings (SSSR count). The SMILES string of the molecule is CC(C(=O)N1CCC(C(=O)O)(c2ccccc2)CC1)c1cccs1. The number of benzene rings is 1. The van der Waals surface area contributed by atoms with Gasteiger partial charge in [-0.2, -0.15) is 0 Å². The molecule has 1 aromatic carbocycles. The van der Waals surface area contributed by atoms with Gasteiger partial charge in [0.1, 0.15) is 0 Å². The van der Waals surface area contributed by atoms with Crippen LogP contribution < -0.4 is 0 Å². The van der Waals surface area contributed by atoms with E-state index in [2.05, 4.69) is 0 Å². The third-order valence-corrected chi connectivity index (χ3v) is 6.06. The molecule has 126 valence electrons. The Morgan fingerprint density at radius 3 is 2.33 bits per heavy atom. The topological polar surface area (TPSA) is 57.6 Å². The number of aliphatic carboxylic acids is 1. The molecule has 1 saturated heterocycles. The maximum absolute atomic E-state index is 12.7. The first-order valence-electron chi connectivity index (χ1n) is 8.16. The molecule has 2 aromatic rings. The Hall–Kier alpha value is -2.14. The number of nitrogens with zero attached hydrogens (tertiary/aromatic N) is 1. The number of likely N-dealkylation sites (tertiary alicyclic amines) is 1. The van der Waals surface area contributed by atoms with Gasteiger partial charge in [-0.1, -0.05) is 36.4 Å². The van der Waals surface area contributed by atoms with Gasteiger partial charge in [0.05, 0.1) is 11.3 Å². The predicted octanol–water partition coefficient (Wildman–Crippen LogP) is 3.50. The van der Waals surface area contributed by atoms with E-state index in [1.165, 1.54) is 0 Å². The molecule has 2 heterocycles. The molecule has 0 saturated carbocycles. The van der Waals surface area contributed by atoms with Gasteiger partial charge >= 0.3 is 5.97 Å². The Kier molecular flexibility index (Phi) is 4.71. The average Bonchev–Trinajstić information content (AvgIpc) is 3.16. The number of rotatable bonds is 4. The van der Waals surface area contributed by atoms with E-state index in [1.807, 2.05) is 59.7 Å². The van der Waals surface area contributed by atoms with Crippen molar-refractivity contribution in [2.75, 3.05) is 13.1 Å². The molecule has 1 atom stereocenters. The van der Waals surface area contributed by atoms with Crippen molar-refractivity contribution in [3.8, 4) is 0 Å². The second-order valence-corrected chi connectivity index (χ2v) is 7.29. The van der Waals surface area contributed by atoms with Crippen LogP contribution in [0.15, 0.2) is 47.8 Å². The number of amides is 1. The minimum absolute atomic E-state index is 0.0875. The zero-order valence-corrected chi connectivity index (χ0v) is 14.5. The van der Waals surface area contributed by atoms with Gasteiger partial charge in [-0.05, 0) is 36.8 Å². The second-order valence-electron chi connectivity index (χ2n) is 6.32. The number of carboxylic acid groups (broad SMARTS) is 1. The van der Waals surface area contributed by atoms with Crippen LogP contribution in [0.25, 0.3) is 0 Å². The number of carbonyl (C=O) groups is 2. The monoisotopic (exact) mass is 343 g/mol. The number of hydrogen-bond acceptors (Lipinski definition) is 3. The van der Waals surface area contributed by atoms with E-state index >= 15 is 0 Å². The minimum Gasteiger partial charge on any atom is -0.481 e. The molecule has 1 fully saturated rings. The van der Waals surface area contributed by atoms with Gasteiger partial charge in [-0.15, -0.1) is 11.3 Å². The Bertz CT molecular complexity index is 703. The molecule has 1 N–H and O–H groups in total. The number of carbonyl (C=O) groups excluding carboxylic acids is 1. The first-order chi connectivity index (χ1) is 11.5. The molecule has 1 unspecified atom stereocenters. The number of piperidine rings is 1. The summed E-state index contributed by atoms with van der Waals surface area (Å²) < 4.78 is 0. The lowest BCUT2D eigenvalue weighted by Crippen LogP contribution is -2.49. The van der Waals surface area contributed by atoms with Crippen LogP contribution in [0.2, 0.25) is 0 Å². The fraction of sp³-hybridized carbons (Fsp3) is 0.368. The van der Waals surface area contributed by atoms with Crippen molar-refractivity contribution in [2.24, 2.45) is 0 Å². The Labute approximate surface area is 145 Å². The highest BCUT2D eigenvalue weighted by Gasteiger charge is 2.44. The van der Waals surface area contributed by atoms with Crippen molar-refractivity contribution in [1.82, 2.24) is 4.90 Å². The van der Waals surface area contributed by atoms with Crippen molar-refractivity contribution < 1.29 is 14.7 Å². The van der Waals surface area contributed by atoms with Gasteiger partial charge in [-0.25, -0.2) is 0 Å². The number of hydrogen-bond donors (Lipinski definition) is 1. The highest BCUT2D eigenvalue weighted by atomic mass is 32.1. The zero-order chi connectivity index (χ0) is 17.2. The molecule has 24 heavy (non-hydrogen) atoms. The molecule has 0 aliphatic carbocycles. The molecular formula is C19H21NO3S. The molecule has 1 aromatic heterocycles. The maximum atomic E-state index is 12.7. The van der Waals surface area contributed by atoms with Crippen LogP contribution in [0.1, 0.15) is 36.1 Å². The van der Waals surface area contributed by atoms with Crippen LogP contribution in [0.4, 0.5) is 0 Å². The summed E-state index contributed by atoms with van der Waals surface area (Å²) in [6.07, 6.45) is 0.907. The van der Waals surface area contributed by atoms with E-state index in [9.17, 15) is 14.7 Å². The molecule has 4 nitrogen and oxygen atoms in total. The zero-order valence-electron chi connectivity index (χ0n) is 13.6. The van der Waals surface area contributed by atoms with Crippen molar-refractivity contribution in [1.29, 1.82) is 0 Å². The summed E-state index contributed by atoms with van der Waals surface area (Å²) in [4.78, 5) is 27.5. The van der Waals surface area contributed by atoms with Gasteiger partial charge in [-0.3, -0.25) is 9.59 Å². The van der Waals surface area contributed by atoms with Crippen LogP contribution in [0, 0.1) is 0 Å². The summed E-state index contributed by atoms with van der Waals surface area (Å²) in [5.74, 6) is -0.879. The van der Waals surface area contributed by atoms with Crippen molar-refractivity contribution in [3.05, 3.63) is 58.3 Å². The quantitative estimate of drug-likeness (QED) is 0.924. The Balaban J connectivity index is 1.74. The Morgan fingerprint density at radius 2 is 1.79 bits per heavy atom. The lowest BCUT2D eigenvalue weighted by Gasteiger charge is -2.40. The summed E-state index contributed by atoms with van der Waals surface area (Å²) in [5, 5.41) is 11.8. The van der Waals surface area contributed by atoms with Crippen LogP contribution in [-0.2, 0) is 15.0 Å². The first kappa shape index (κ1) is 16.7. The highest BCUT2D eigenvalue weighted by Crippen LogP contribution is 2.37. The molecule has 0 bridgehead atoms. The van der Waals surface area contributed by atoms with E-state index in [0.717, 1.165) is 10.4 Å². The van der Waals surface area contributed by atoms with E-state index in [-0.39, 0.29) is 11.8 Å². The van der Waals surface area contributed by atoms with Crippen molar-refractivity contribution in [3.63, 3.8) is 0 Å². The molecule has 0 spiro atoms. The van der Waals surface area contributed by atoms with Crippen LogP contribution >= 0.6 is 11.3 Å². The maximum Gasteiger partial charge on any atom is 0.314 e.